The van der Waals surface area contributed by atoms with E-state index in [-0.39, 0.29) is 0 Å². The molecule has 2 N–H and O–H groups in total. The average Bonchev–Trinajstić information content (AvgIpc) is 2.30. The first-order chi connectivity index (χ1) is 7.35. The summed E-state index contributed by atoms with van der Waals surface area (Å²) in [5.74, 6) is 0. The summed E-state index contributed by atoms with van der Waals surface area (Å²) in [6.07, 6.45) is 1.08. The van der Waals surface area contributed by atoms with Crippen molar-refractivity contribution in [3.8, 4) is 0 Å². The molecule has 0 saturated carbocycles. The molecule has 0 unspecified atom stereocenters. The molecule has 1 rings (SSSR count). The van der Waals surface area contributed by atoms with Crippen molar-refractivity contribution >= 4 is 22.4 Å². The van der Waals surface area contributed by atoms with Gasteiger partial charge < -0.3 is 10.5 Å². The molecular weight excluding hydrogens is 258 g/mol. The van der Waals surface area contributed by atoms with Crippen LogP contribution in [0.4, 0.5) is 0 Å². The molecular formula is C11H16BrNO2. The van der Waals surface area contributed by atoms with Gasteiger partial charge in [-0.05, 0) is 18.5 Å². The van der Waals surface area contributed by atoms with Crippen LogP contribution in [0.25, 0.3) is 0 Å². The van der Waals surface area contributed by atoms with Crippen LogP contribution in [0.2, 0.25) is 0 Å². The lowest BCUT2D eigenvalue weighted by molar-refractivity contribution is -0.129. The maximum Gasteiger partial charge on any atom is 0.293 e. The zero-order chi connectivity index (χ0) is 11.4. The largest absolute Gasteiger partial charge is 0.463 e. The van der Waals surface area contributed by atoms with E-state index in [2.05, 4.69) is 20.7 Å². The van der Waals surface area contributed by atoms with E-state index < -0.39 is 0 Å². The molecule has 0 radical (unpaired) electrons. The predicted molar refractivity (Wildman–Crippen MR) is 64.8 cm³/mol. The third-order valence-electron chi connectivity index (χ3n) is 1.50. The summed E-state index contributed by atoms with van der Waals surface area (Å²) in [4.78, 5) is 9.76. The van der Waals surface area contributed by atoms with Gasteiger partial charge in [0.2, 0.25) is 0 Å². The summed E-state index contributed by atoms with van der Waals surface area (Å²) < 4.78 is 4.54. The molecule has 1 aromatic carbocycles. The van der Waals surface area contributed by atoms with Crippen LogP contribution < -0.4 is 5.73 Å². The third kappa shape index (κ3) is 9.43. The molecule has 84 valence electrons. The van der Waals surface area contributed by atoms with E-state index in [9.17, 15) is 4.79 Å². The number of hydrogen-bond donors (Lipinski definition) is 1. The normalized spacial score (nSPS) is 8.67. The smallest absolute Gasteiger partial charge is 0.293 e. The van der Waals surface area contributed by atoms with Crippen LogP contribution in [-0.4, -0.2) is 18.3 Å². The van der Waals surface area contributed by atoms with Gasteiger partial charge in [0.05, 0.1) is 0 Å². The van der Waals surface area contributed by atoms with E-state index >= 15 is 0 Å². The maximum absolute atomic E-state index is 9.76. The van der Waals surface area contributed by atoms with Gasteiger partial charge >= 0.3 is 0 Å². The Morgan fingerprint density at radius 1 is 1.33 bits per heavy atom. The van der Waals surface area contributed by atoms with Crippen LogP contribution in [0.5, 0.6) is 0 Å². The van der Waals surface area contributed by atoms with Crippen molar-refractivity contribution in [1.82, 2.24) is 0 Å². The predicted octanol–water partition coefficient (Wildman–Crippen LogP) is 2.09. The fourth-order valence-corrected chi connectivity index (χ4v) is 1.11. The Morgan fingerprint density at radius 2 is 2.00 bits per heavy atom. The highest BCUT2D eigenvalue weighted by molar-refractivity contribution is 9.09. The van der Waals surface area contributed by atoms with Gasteiger partial charge in [0.25, 0.3) is 6.47 Å². The van der Waals surface area contributed by atoms with Crippen molar-refractivity contribution in [1.29, 1.82) is 0 Å². The van der Waals surface area contributed by atoms with E-state index in [0.717, 1.165) is 23.9 Å². The second-order valence-corrected chi connectivity index (χ2v) is 3.52. The standard InChI is InChI=1S/C8H8O2.C3H8BrN/c9-7-10-6-8-4-2-1-3-5-8;4-2-1-3-5/h1-5,7H,6H2;1-3,5H2. The maximum atomic E-state index is 9.76. The van der Waals surface area contributed by atoms with Gasteiger partial charge in [0.15, 0.2) is 0 Å². The number of hydrogen-bond acceptors (Lipinski definition) is 3. The van der Waals surface area contributed by atoms with Crippen molar-refractivity contribution < 1.29 is 9.53 Å². The number of halogens is 1. The van der Waals surface area contributed by atoms with Crippen molar-refractivity contribution in [2.75, 3.05) is 11.9 Å². The Morgan fingerprint density at radius 3 is 2.40 bits per heavy atom. The molecule has 0 bridgehead atoms. The van der Waals surface area contributed by atoms with Gasteiger partial charge in [-0.25, -0.2) is 0 Å². The minimum Gasteiger partial charge on any atom is -0.463 e. The van der Waals surface area contributed by atoms with Gasteiger partial charge in [-0.2, -0.15) is 0 Å². The van der Waals surface area contributed by atoms with E-state index in [1.54, 1.807) is 0 Å². The Labute approximate surface area is 98.7 Å². The minimum atomic E-state index is 0.365. The van der Waals surface area contributed by atoms with Crippen molar-refractivity contribution in [2.45, 2.75) is 13.0 Å². The number of ether oxygens (including phenoxy) is 1. The van der Waals surface area contributed by atoms with E-state index in [4.69, 9.17) is 5.73 Å². The molecule has 0 amide bonds. The second-order valence-electron chi connectivity index (χ2n) is 2.72. The summed E-state index contributed by atoms with van der Waals surface area (Å²) in [6, 6.07) is 9.55. The van der Waals surface area contributed by atoms with Crippen molar-refractivity contribution in [2.24, 2.45) is 5.73 Å². The summed E-state index contributed by atoms with van der Waals surface area (Å²) in [6.45, 7) is 1.61. The van der Waals surface area contributed by atoms with E-state index in [1.165, 1.54) is 0 Å². The molecule has 4 heteroatoms. The highest BCUT2D eigenvalue weighted by Crippen LogP contribution is 1.98. The zero-order valence-corrected chi connectivity index (χ0v) is 10.2. The fourth-order valence-electron chi connectivity index (χ4n) is 0.782. The quantitative estimate of drug-likeness (QED) is 0.660. The Bertz CT molecular complexity index is 240. The van der Waals surface area contributed by atoms with Crippen molar-refractivity contribution in [3.63, 3.8) is 0 Å². The number of benzene rings is 1. The monoisotopic (exact) mass is 273 g/mol. The van der Waals surface area contributed by atoms with Gasteiger partial charge in [0, 0.05) is 5.33 Å². The van der Waals surface area contributed by atoms with Crippen LogP contribution >= 0.6 is 15.9 Å². The molecule has 0 atom stereocenters. The molecule has 0 aliphatic heterocycles. The Hall–Kier alpha value is -0.870. The Balaban J connectivity index is 0.000000336. The first-order valence-corrected chi connectivity index (χ1v) is 5.82. The first-order valence-electron chi connectivity index (χ1n) is 4.70. The van der Waals surface area contributed by atoms with Crippen LogP contribution in [0, 0.1) is 0 Å². The van der Waals surface area contributed by atoms with E-state index in [0.29, 0.717) is 13.1 Å². The van der Waals surface area contributed by atoms with Crippen LogP contribution in [0.1, 0.15) is 12.0 Å². The lowest BCUT2D eigenvalue weighted by atomic mass is 10.2. The first kappa shape index (κ1) is 14.1. The average molecular weight is 274 g/mol. The highest BCUT2D eigenvalue weighted by atomic mass is 79.9. The van der Waals surface area contributed by atoms with Crippen molar-refractivity contribution in [3.05, 3.63) is 35.9 Å². The lowest BCUT2D eigenvalue weighted by Crippen LogP contribution is -1.97. The SMILES string of the molecule is NCCCBr.O=COCc1ccccc1. The molecule has 3 nitrogen and oxygen atoms in total. The summed E-state index contributed by atoms with van der Waals surface area (Å²) >= 11 is 3.23. The highest BCUT2D eigenvalue weighted by Gasteiger charge is 1.87. The number of alkyl halides is 1. The Kier molecular flexibility index (Phi) is 10.6. The van der Waals surface area contributed by atoms with Gasteiger partial charge in [-0.3, -0.25) is 4.79 Å². The molecule has 1 aromatic rings. The topological polar surface area (TPSA) is 52.3 Å². The third-order valence-corrected chi connectivity index (χ3v) is 2.06. The number of rotatable bonds is 5. The summed E-state index contributed by atoms with van der Waals surface area (Å²) in [7, 11) is 0. The molecule has 0 fully saturated rings. The van der Waals surface area contributed by atoms with Crippen LogP contribution in [0.15, 0.2) is 30.3 Å². The van der Waals surface area contributed by atoms with Crippen LogP contribution in [-0.2, 0) is 16.1 Å². The fraction of sp³-hybridized carbons (Fsp3) is 0.364. The summed E-state index contributed by atoms with van der Waals surface area (Å²) in [5, 5.41) is 1.03. The van der Waals surface area contributed by atoms with Gasteiger partial charge in [-0.1, -0.05) is 46.3 Å². The molecule has 0 aromatic heterocycles. The number of nitrogens with two attached hydrogens (primary N) is 1. The van der Waals surface area contributed by atoms with Gasteiger partial charge in [0.1, 0.15) is 6.61 Å². The zero-order valence-electron chi connectivity index (χ0n) is 8.56. The molecule has 0 spiro atoms. The molecule has 0 heterocycles. The number of carbonyl (C=O) groups excluding carboxylic acids is 1. The molecule has 15 heavy (non-hydrogen) atoms. The molecule has 0 saturated heterocycles. The second kappa shape index (κ2) is 11.2. The molecule has 0 aliphatic carbocycles. The van der Waals surface area contributed by atoms with Gasteiger partial charge in [-0.15, -0.1) is 0 Å². The van der Waals surface area contributed by atoms with E-state index in [1.807, 2.05) is 30.3 Å². The lowest BCUT2D eigenvalue weighted by Gasteiger charge is -1.95. The van der Waals surface area contributed by atoms with Crippen LogP contribution in [0.3, 0.4) is 0 Å². The number of carbonyl (C=O) groups is 1. The molecule has 0 aliphatic rings. The minimum absolute atomic E-state index is 0.365. The summed E-state index contributed by atoms with van der Waals surface area (Å²) in [5.41, 5.74) is 6.12.